The normalized spacial score (nSPS) is 15.1. The van der Waals surface area contributed by atoms with Gasteiger partial charge in [-0.1, -0.05) is 42.5 Å². The first-order valence-corrected chi connectivity index (χ1v) is 7.55. The Balaban J connectivity index is 1.83. The minimum Gasteiger partial charge on any atom is -0.488 e. The van der Waals surface area contributed by atoms with Gasteiger partial charge in [0.15, 0.2) is 6.29 Å². The molecule has 0 saturated carbocycles. The van der Waals surface area contributed by atoms with Crippen LogP contribution in [0.2, 0.25) is 0 Å². The second-order valence-corrected chi connectivity index (χ2v) is 5.21. The maximum Gasteiger partial charge on any atom is 0.187 e. The van der Waals surface area contributed by atoms with Gasteiger partial charge in [-0.05, 0) is 24.2 Å². The molecule has 0 amide bonds. The third kappa shape index (κ3) is 3.47. The molecule has 1 saturated heterocycles. The Morgan fingerprint density at radius 1 is 1.05 bits per heavy atom. The molecule has 0 atom stereocenters. The van der Waals surface area contributed by atoms with E-state index in [4.69, 9.17) is 14.2 Å². The zero-order valence-electron chi connectivity index (χ0n) is 12.7. The van der Waals surface area contributed by atoms with Crippen LogP contribution in [0.3, 0.4) is 0 Å². The van der Waals surface area contributed by atoms with E-state index in [-0.39, 0.29) is 6.29 Å². The van der Waals surface area contributed by atoms with E-state index in [1.807, 2.05) is 37.4 Å². The molecular weight excluding hydrogens is 278 g/mol. The molecule has 0 bridgehead atoms. The fraction of sp³-hybridized carbons (Fsp3) is 0.333. The van der Waals surface area contributed by atoms with Crippen LogP contribution in [-0.4, -0.2) is 20.3 Å². The molecule has 0 radical (unpaired) electrons. The summed E-state index contributed by atoms with van der Waals surface area (Å²) in [6.45, 7) is 2.53. The van der Waals surface area contributed by atoms with Gasteiger partial charge in [0, 0.05) is 6.54 Å². The van der Waals surface area contributed by atoms with Crippen molar-refractivity contribution in [2.45, 2.75) is 19.4 Å². The van der Waals surface area contributed by atoms with Crippen LogP contribution in [0.5, 0.6) is 5.75 Å². The quantitative estimate of drug-likeness (QED) is 0.890. The lowest BCUT2D eigenvalue weighted by atomic mass is 10.1. The molecule has 1 fully saturated rings. The first kappa shape index (κ1) is 15.0. The minimum atomic E-state index is -0.338. The Hall–Kier alpha value is -1.88. The molecule has 3 rings (SSSR count). The number of benzene rings is 2. The van der Waals surface area contributed by atoms with Gasteiger partial charge in [-0.2, -0.15) is 0 Å². The van der Waals surface area contributed by atoms with Crippen LogP contribution in [0.1, 0.15) is 23.0 Å². The monoisotopic (exact) mass is 299 g/mol. The largest absolute Gasteiger partial charge is 0.488 e. The van der Waals surface area contributed by atoms with Crippen molar-refractivity contribution in [3.05, 3.63) is 65.2 Å². The Morgan fingerprint density at radius 3 is 2.55 bits per heavy atom. The van der Waals surface area contributed by atoms with Gasteiger partial charge >= 0.3 is 0 Å². The highest BCUT2D eigenvalue weighted by Gasteiger charge is 2.25. The number of hydrogen-bond donors (Lipinski definition) is 1. The van der Waals surface area contributed by atoms with E-state index in [1.54, 1.807) is 0 Å². The van der Waals surface area contributed by atoms with Gasteiger partial charge in [0.1, 0.15) is 12.4 Å². The van der Waals surface area contributed by atoms with Crippen LogP contribution in [-0.2, 0) is 22.6 Å². The fourth-order valence-electron chi connectivity index (χ4n) is 2.59. The van der Waals surface area contributed by atoms with Crippen molar-refractivity contribution in [1.82, 2.24) is 5.32 Å². The van der Waals surface area contributed by atoms with Gasteiger partial charge in [-0.3, -0.25) is 0 Å². The Kier molecular flexibility index (Phi) is 5.06. The van der Waals surface area contributed by atoms with E-state index >= 15 is 0 Å². The zero-order chi connectivity index (χ0) is 15.2. The average Bonchev–Trinajstić information content (AvgIpc) is 3.08. The molecule has 4 heteroatoms. The lowest BCUT2D eigenvalue weighted by molar-refractivity contribution is -0.0465. The maximum atomic E-state index is 6.03. The summed E-state index contributed by atoms with van der Waals surface area (Å²) in [5.41, 5.74) is 3.27. The first-order valence-electron chi connectivity index (χ1n) is 7.55. The summed E-state index contributed by atoms with van der Waals surface area (Å²) in [7, 11) is 1.93. The molecule has 4 nitrogen and oxygen atoms in total. The second-order valence-electron chi connectivity index (χ2n) is 5.21. The third-order valence-corrected chi connectivity index (χ3v) is 3.62. The van der Waals surface area contributed by atoms with Gasteiger partial charge in [-0.25, -0.2) is 0 Å². The molecular formula is C18H21NO3. The minimum absolute atomic E-state index is 0.338. The molecule has 116 valence electrons. The molecule has 0 unspecified atom stereocenters. The topological polar surface area (TPSA) is 39.7 Å². The second kappa shape index (κ2) is 7.40. The standard InChI is InChI=1S/C18H21NO3/c1-19-12-15-8-5-9-16(17(15)18-20-10-11-21-18)22-13-14-6-3-2-4-7-14/h2-9,18-19H,10-13H2,1H3. The zero-order valence-corrected chi connectivity index (χ0v) is 12.7. The summed E-state index contributed by atoms with van der Waals surface area (Å²) in [5.74, 6) is 0.823. The highest BCUT2D eigenvalue weighted by atomic mass is 16.7. The maximum absolute atomic E-state index is 6.03. The summed E-state index contributed by atoms with van der Waals surface area (Å²) in [6, 6.07) is 16.2. The van der Waals surface area contributed by atoms with Crippen LogP contribution >= 0.6 is 0 Å². The molecule has 1 N–H and O–H groups in total. The number of hydrogen-bond acceptors (Lipinski definition) is 4. The smallest absolute Gasteiger partial charge is 0.187 e. The van der Waals surface area contributed by atoms with Gasteiger partial charge in [-0.15, -0.1) is 0 Å². The summed E-state index contributed by atoms with van der Waals surface area (Å²) in [4.78, 5) is 0. The van der Waals surface area contributed by atoms with Crippen molar-refractivity contribution >= 4 is 0 Å². The Bertz CT molecular complexity index is 595. The Morgan fingerprint density at radius 2 is 1.82 bits per heavy atom. The number of ether oxygens (including phenoxy) is 3. The van der Waals surface area contributed by atoms with Crippen molar-refractivity contribution in [1.29, 1.82) is 0 Å². The van der Waals surface area contributed by atoms with Crippen molar-refractivity contribution in [3.63, 3.8) is 0 Å². The number of nitrogens with one attached hydrogen (secondary N) is 1. The van der Waals surface area contributed by atoms with E-state index in [0.29, 0.717) is 19.8 Å². The SMILES string of the molecule is CNCc1cccc(OCc2ccccc2)c1C1OCCO1. The van der Waals surface area contributed by atoms with Crippen LogP contribution < -0.4 is 10.1 Å². The molecule has 1 aliphatic rings. The molecule has 0 spiro atoms. The fourth-order valence-corrected chi connectivity index (χ4v) is 2.59. The highest BCUT2D eigenvalue weighted by molar-refractivity contribution is 5.41. The van der Waals surface area contributed by atoms with Crippen LogP contribution in [0.25, 0.3) is 0 Å². The highest BCUT2D eigenvalue weighted by Crippen LogP contribution is 2.34. The van der Waals surface area contributed by atoms with E-state index in [1.165, 1.54) is 0 Å². The predicted octanol–water partition coefficient (Wildman–Crippen LogP) is 3.03. The van der Waals surface area contributed by atoms with Crippen LogP contribution in [0.15, 0.2) is 48.5 Å². The van der Waals surface area contributed by atoms with Crippen molar-refractivity contribution in [2.24, 2.45) is 0 Å². The summed E-state index contributed by atoms with van der Waals surface area (Å²) >= 11 is 0. The van der Waals surface area contributed by atoms with Crippen molar-refractivity contribution in [2.75, 3.05) is 20.3 Å². The van der Waals surface area contributed by atoms with E-state index in [9.17, 15) is 0 Å². The molecule has 2 aromatic carbocycles. The van der Waals surface area contributed by atoms with E-state index < -0.39 is 0 Å². The molecule has 2 aromatic rings. The lowest BCUT2D eigenvalue weighted by Crippen LogP contribution is -2.12. The van der Waals surface area contributed by atoms with Gasteiger partial charge in [0.05, 0.1) is 18.8 Å². The van der Waals surface area contributed by atoms with E-state index in [2.05, 4.69) is 23.5 Å². The van der Waals surface area contributed by atoms with Crippen LogP contribution in [0, 0.1) is 0 Å². The summed E-state index contributed by atoms with van der Waals surface area (Å²) in [6.07, 6.45) is -0.338. The summed E-state index contributed by atoms with van der Waals surface area (Å²) < 4.78 is 17.4. The molecule has 22 heavy (non-hydrogen) atoms. The average molecular weight is 299 g/mol. The van der Waals surface area contributed by atoms with Gasteiger partial charge < -0.3 is 19.5 Å². The third-order valence-electron chi connectivity index (χ3n) is 3.62. The van der Waals surface area contributed by atoms with Crippen molar-refractivity contribution < 1.29 is 14.2 Å². The molecule has 0 aromatic heterocycles. The first-order chi connectivity index (χ1) is 10.9. The van der Waals surface area contributed by atoms with Crippen molar-refractivity contribution in [3.8, 4) is 5.75 Å². The van der Waals surface area contributed by atoms with Crippen LogP contribution in [0.4, 0.5) is 0 Å². The van der Waals surface area contributed by atoms with Gasteiger partial charge in [0.25, 0.3) is 0 Å². The Labute approximate surface area is 131 Å². The molecule has 1 aliphatic heterocycles. The molecule has 0 aliphatic carbocycles. The predicted molar refractivity (Wildman–Crippen MR) is 84.6 cm³/mol. The number of rotatable bonds is 6. The lowest BCUT2D eigenvalue weighted by Gasteiger charge is -2.19. The molecule has 1 heterocycles. The van der Waals surface area contributed by atoms with Gasteiger partial charge in [0.2, 0.25) is 0 Å². The summed E-state index contributed by atoms with van der Waals surface area (Å²) in [5, 5.41) is 3.18. The van der Waals surface area contributed by atoms with E-state index in [0.717, 1.165) is 29.0 Å².